The van der Waals surface area contributed by atoms with Crippen LogP contribution in [-0.4, -0.2) is 36.9 Å². The van der Waals surface area contributed by atoms with Gasteiger partial charge in [-0.3, -0.25) is 0 Å². The molecule has 2 heterocycles. The van der Waals surface area contributed by atoms with Gasteiger partial charge in [0.2, 0.25) is 0 Å². The largest absolute Gasteiger partial charge is 0.423 e. The molecule has 0 saturated heterocycles. The summed E-state index contributed by atoms with van der Waals surface area (Å²) in [6.45, 7) is 2.16. The van der Waals surface area contributed by atoms with Crippen molar-refractivity contribution in [3.05, 3.63) is 43.0 Å². The number of hydrogen-bond donors (Lipinski definition) is 2. The molecule has 132 valence electrons. The highest BCUT2D eigenvalue weighted by Crippen LogP contribution is 2.42. The van der Waals surface area contributed by atoms with Gasteiger partial charge in [-0.05, 0) is 19.1 Å². The number of para-hydroxylation sites is 1. The molecule has 2 aromatic heterocycles. The summed E-state index contributed by atoms with van der Waals surface area (Å²) in [5.41, 5.74) is 6.83. The maximum absolute atomic E-state index is 12.1. The van der Waals surface area contributed by atoms with Crippen LogP contribution < -0.4 is 10.3 Å². The average Bonchev–Trinajstić information content (AvgIpc) is 2.98. The van der Waals surface area contributed by atoms with Gasteiger partial charge in [-0.25, -0.2) is 19.5 Å². The van der Waals surface area contributed by atoms with Gasteiger partial charge >= 0.3 is 7.60 Å². The zero-order valence-electron chi connectivity index (χ0n) is 13.5. The zero-order chi connectivity index (χ0) is 17.9. The molecule has 1 aromatic carbocycles. The normalized spacial score (nSPS) is 15.0. The van der Waals surface area contributed by atoms with Crippen LogP contribution in [0, 0.1) is 0 Å². The average molecular weight is 363 g/mol. The topological polar surface area (TPSA) is 125 Å². The molecule has 9 nitrogen and oxygen atoms in total. The molecule has 0 aliphatic carbocycles. The molecule has 10 heteroatoms. The Bertz CT molecular complexity index is 901. The van der Waals surface area contributed by atoms with Crippen LogP contribution in [0.3, 0.4) is 0 Å². The smallest absolute Gasteiger partial charge is 0.402 e. The summed E-state index contributed by atoms with van der Waals surface area (Å²) >= 11 is 0. The summed E-state index contributed by atoms with van der Waals surface area (Å²) in [6.07, 6.45) is 2.15. The van der Waals surface area contributed by atoms with Gasteiger partial charge in [-0.1, -0.05) is 18.2 Å². The van der Waals surface area contributed by atoms with Gasteiger partial charge in [0.15, 0.2) is 17.8 Å². The number of nitrogens with two attached hydrogens (primary N) is 1. The molecule has 0 bridgehead atoms. The molecule has 0 amide bonds. The number of nitrogen functional groups attached to an aromatic ring is 1. The molecule has 1 unspecified atom stereocenters. The van der Waals surface area contributed by atoms with Gasteiger partial charge in [-0.15, -0.1) is 0 Å². The molecule has 3 rings (SSSR count). The molecular formula is C15H18N5O4P. The van der Waals surface area contributed by atoms with Gasteiger partial charge < -0.3 is 24.5 Å². The van der Waals surface area contributed by atoms with E-state index in [0.717, 1.165) is 0 Å². The van der Waals surface area contributed by atoms with Crippen LogP contribution in [0.15, 0.2) is 43.0 Å². The number of hydrogen-bond acceptors (Lipinski definition) is 7. The van der Waals surface area contributed by atoms with Crippen molar-refractivity contribution in [2.24, 2.45) is 0 Å². The number of nitrogens with zero attached hydrogens (tertiary/aromatic N) is 4. The van der Waals surface area contributed by atoms with E-state index in [0.29, 0.717) is 29.3 Å². The molecule has 3 aromatic rings. The standard InChI is InChI=1S/C15H18N5O4P/c1-11(7-20-9-19-13-14(16)17-8-18-15(13)20)23-10-25(21,22)24-12-5-3-2-4-6-12/h2-6,8-9,11H,7,10H2,1H3,(H,21,22)(H2,16,17,18)/t11-/m1/s1. The minimum absolute atomic E-state index is 0.299. The first-order chi connectivity index (χ1) is 11.9. The molecule has 0 saturated carbocycles. The monoisotopic (exact) mass is 363 g/mol. The third-order valence-electron chi connectivity index (χ3n) is 3.40. The van der Waals surface area contributed by atoms with Crippen LogP contribution in [0.1, 0.15) is 6.92 Å². The van der Waals surface area contributed by atoms with E-state index in [-0.39, 0.29) is 6.10 Å². The number of fused-ring (bicyclic) bond motifs is 1. The lowest BCUT2D eigenvalue weighted by Gasteiger charge is -2.17. The van der Waals surface area contributed by atoms with E-state index in [1.54, 1.807) is 48.1 Å². The summed E-state index contributed by atoms with van der Waals surface area (Å²) < 4.78 is 24.4. The van der Waals surface area contributed by atoms with Gasteiger partial charge in [-0.2, -0.15) is 0 Å². The fourth-order valence-corrected chi connectivity index (χ4v) is 3.20. The number of anilines is 1. The highest BCUT2D eigenvalue weighted by molar-refractivity contribution is 7.53. The van der Waals surface area contributed by atoms with Crippen LogP contribution in [0.2, 0.25) is 0 Å². The molecule has 3 N–H and O–H groups in total. The van der Waals surface area contributed by atoms with Crippen LogP contribution in [0.4, 0.5) is 5.82 Å². The van der Waals surface area contributed by atoms with E-state index in [4.69, 9.17) is 15.0 Å². The predicted octanol–water partition coefficient (Wildman–Crippen LogP) is 2.04. The quantitative estimate of drug-likeness (QED) is 0.611. The summed E-state index contributed by atoms with van der Waals surface area (Å²) in [5.74, 6) is 0.616. The van der Waals surface area contributed by atoms with Crippen LogP contribution in [0.25, 0.3) is 11.2 Å². The minimum atomic E-state index is -3.91. The predicted molar refractivity (Wildman–Crippen MR) is 92.0 cm³/mol. The molecule has 0 aliphatic rings. The Hall–Kier alpha value is -2.48. The van der Waals surface area contributed by atoms with Crippen LogP contribution >= 0.6 is 7.60 Å². The van der Waals surface area contributed by atoms with E-state index >= 15 is 0 Å². The number of benzene rings is 1. The summed E-state index contributed by atoms with van der Waals surface area (Å²) in [4.78, 5) is 22.1. The Kier molecular flexibility index (Phi) is 4.98. The summed E-state index contributed by atoms with van der Waals surface area (Å²) in [6, 6.07) is 8.44. The fourth-order valence-electron chi connectivity index (χ4n) is 2.26. The van der Waals surface area contributed by atoms with Gasteiger partial charge in [0.25, 0.3) is 0 Å². The van der Waals surface area contributed by atoms with E-state index < -0.39 is 13.9 Å². The number of aromatic nitrogens is 4. The van der Waals surface area contributed by atoms with Gasteiger partial charge in [0.05, 0.1) is 19.0 Å². The number of imidazole rings is 1. The molecular weight excluding hydrogens is 345 g/mol. The first-order valence-corrected chi connectivity index (χ1v) is 9.30. The van der Waals surface area contributed by atoms with E-state index in [1.807, 2.05) is 0 Å². The zero-order valence-corrected chi connectivity index (χ0v) is 14.4. The van der Waals surface area contributed by atoms with E-state index in [9.17, 15) is 9.46 Å². The fraction of sp³-hybridized carbons (Fsp3) is 0.267. The van der Waals surface area contributed by atoms with Crippen molar-refractivity contribution in [3.8, 4) is 5.75 Å². The lowest BCUT2D eigenvalue weighted by molar-refractivity contribution is 0.0772. The Balaban J connectivity index is 1.59. The minimum Gasteiger partial charge on any atom is -0.423 e. The molecule has 25 heavy (non-hydrogen) atoms. The molecule has 0 radical (unpaired) electrons. The van der Waals surface area contributed by atoms with Crippen molar-refractivity contribution < 1.29 is 18.7 Å². The highest BCUT2D eigenvalue weighted by Gasteiger charge is 2.23. The van der Waals surface area contributed by atoms with Crippen LogP contribution in [0.5, 0.6) is 5.75 Å². The van der Waals surface area contributed by atoms with Gasteiger partial charge in [0.1, 0.15) is 17.6 Å². The first kappa shape index (κ1) is 17.3. The molecule has 0 spiro atoms. The Morgan fingerprint density at radius 3 is 2.80 bits per heavy atom. The summed E-state index contributed by atoms with van der Waals surface area (Å²) in [5, 5.41) is 0. The van der Waals surface area contributed by atoms with Crippen molar-refractivity contribution in [1.29, 1.82) is 0 Å². The van der Waals surface area contributed by atoms with Crippen molar-refractivity contribution in [3.63, 3.8) is 0 Å². The lowest BCUT2D eigenvalue weighted by atomic mass is 10.3. The van der Waals surface area contributed by atoms with Crippen molar-refractivity contribution in [2.75, 3.05) is 12.1 Å². The molecule has 2 atom stereocenters. The Morgan fingerprint density at radius 1 is 1.28 bits per heavy atom. The first-order valence-electron chi connectivity index (χ1n) is 7.54. The Morgan fingerprint density at radius 2 is 2.04 bits per heavy atom. The maximum atomic E-state index is 12.1. The second-order valence-electron chi connectivity index (χ2n) is 5.48. The van der Waals surface area contributed by atoms with Gasteiger partial charge in [0, 0.05) is 0 Å². The second-order valence-corrected chi connectivity index (χ2v) is 7.19. The van der Waals surface area contributed by atoms with E-state index in [1.165, 1.54) is 6.33 Å². The molecule has 0 fully saturated rings. The molecule has 0 aliphatic heterocycles. The maximum Gasteiger partial charge on any atom is 0.402 e. The Labute approximate surface area is 144 Å². The second kappa shape index (κ2) is 7.18. The van der Waals surface area contributed by atoms with Crippen molar-refractivity contribution in [1.82, 2.24) is 19.5 Å². The third kappa shape index (κ3) is 4.33. The highest BCUT2D eigenvalue weighted by atomic mass is 31.2. The lowest BCUT2D eigenvalue weighted by Crippen LogP contribution is -2.18. The van der Waals surface area contributed by atoms with Crippen molar-refractivity contribution >= 4 is 24.6 Å². The van der Waals surface area contributed by atoms with E-state index in [2.05, 4.69) is 15.0 Å². The number of ether oxygens (including phenoxy) is 1. The summed E-state index contributed by atoms with van der Waals surface area (Å²) in [7, 11) is -3.91. The number of rotatable bonds is 7. The van der Waals surface area contributed by atoms with Crippen molar-refractivity contribution in [2.45, 2.75) is 19.6 Å². The van der Waals surface area contributed by atoms with Crippen LogP contribution in [-0.2, 0) is 15.8 Å². The third-order valence-corrected chi connectivity index (χ3v) is 4.37. The SMILES string of the molecule is C[C@H](Cn1cnc2c(N)ncnc21)OCP(=O)(O)Oc1ccccc1.